The predicted molar refractivity (Wildman–Crippen MR) is 57.5 cm³/mol. The molecule has 0 saturated heterocycles. The average molecular weight is 215 g/mol. The Morgan fingerprint density at radius 2 is 2.20 bits per heavy atom. The van der Waals surface area contributed by atoms with Crippen LogP contribution in [0.15, 0.2) is 0 Å². The van der Waals surface area contributed by atoms with E-state index in [9.17, 15) is 9.90 Å². The molecule has 1 aliphatic rings. The second-order valence-corrected chi connectivity index (χ2v) is 4.05. The maximum absolute atomic E-state index is 11.2. The van der Waals surface area contributed by atoms with E-state index < -0.39 is 0 Å². The van der Waals surface area contributed by atoms with Crippen LogP contribution in [-0.2, 0) is 9.53 Å². The lowest BCUT2D eigenvalue weighted by molar-refractivity contribution is -0.126. The highest BCUT2D eigenvalue weighted by atomic mass is 16.5. The van der Waals surface area contributed by atoms with Crippen molar-refractivity contribution in [1.82, 2.24) is 5.32 Å². The van der Waals surface area contributed by atoms with E-state index in [1.165, 1.54) is 0 Å². The molecule has 1 rings (SSSR count). The Labute approximate surface area is 91.0 Å². The highest BCUT2D eigenvalue weighted by molar-refractivity contribution is 5.77. The molecular weight excluding hydrogens is 194 g/mol. The first kappa shape index (κ1) is 12.5. The summed E-state index contributed by atoms with van der Waals surface area (Å²) >= 11 is 0. The molecule has 4 heteroatoms. The van der Waals surface area contributed by atoms with E-state index in [2.05, 4.69) is 5.32 Å². The van der Waals surface area contributed by atoms with Gasteiger partial charge in [-0.15, -0.1) is 0 Å². The Morgan fingerprint density at radius 1 is 1.47 bits per heavy atom. The number of carbonyl (C=O) groups excluding carboxylic acids is 1. The summed E-state index contributed by atoms with van der Waals surface area (Å²) in [7, 11) is 0. The zero-order valence-electron chi connectivity index (χ0n) is 9.37. The third-order valence-corrected chi connectivity index (χ3v) is 2.87. The number of ether oxygens (including phenoxy) is 1. The van der Waals surface area contributed by atoms with Crippen LogP contribution in [0.4, 0.5) is 0 Å². The molecule has 2 unspecified atom stereocenters. The fourth-order valence-corrected chi connectivity index (χ4v) is 1.92. The number of hydrogen-bond acceptors (Lipinski definition) is 3. The Balaban J connectivity index is 2.14. The zero-order chi connectivity index (χ0) is 11.1. The molecule has 4 nitrogen and oxygen atoms in total. The number of carbonyl (C=O) groups is 1. The predicted octanol–water partition coefficient (Wildman–Crippen LogP) is 0.690. The van der Waals surface area contributed by atoms with Gasteiger partial charge in [-0.2, -0.15) is 0 Å². The molecule has 0 aromatic rings. The van der Waals surface area contributed by atoms with Gasteiger partial charge in [0.2, 0.25) is 5.91 Å². The van der Waals surface area contributed by atoms with E-state index in [1.54, 1.807) is 0 Å². The minimum atomic E-state index is -0.244. The van der Waals surface area contributed by atoms with Crippen molar-refractivity contribution >= 4 is 5.91 Å². The van der Waals surface area contributed by atoms with Crippen LogP contribution in [-0.4, -0.2) is 36.9 Å². The summed E-state index contributed by atoms with van der Waals surface area (Å²) in [6.07, 6.45) is 3.89. The maximum atomic E-state index is 11.2. The smallest absolute Gasteiger partial charge is 0.246 e. The topological polar surface area (TPSA) is 58.6 Å². The minimum absolute atomic E-state index is 0.0883. The quantitative estimate of drug-likeness (QED) is 0.709. The summed E-state index contributed by atoms with van der Waals surface area (Å²) in [6.45, 7) is 3.12. The van der Waals surface area contributed by atoms with Crippen molar-refractivity contribution in [2.24, 2.45) is 5.92 Å². The lowest BCUT2D eigenvalue weighted by atomic mass is 9.86. The molecule has 0 heterocycles. The number of hydrogen-bond donors (Lipinski definition) is 2. The van der Waals surface area contributed by atoms with E-state index in [4.69, 9.17) is 4.74 Å². The van der Waals surface area contributed by atoms with Crippen LogP contribution in [0.25, 0.3) is 0 Å². The van der Waals surface area contributed by atoms with Gasteiger partial charge >= 0.3 is 0 Å². The van der Waals surface area contributed by atoms with Crippen molar-refractivity contribution in [3.63, 3.8) is 0 Å². The van der Waals surface area contributed by atoms with Crippen molar-refractivity contribution in [3.05, 3.63) is 0 Å². The summed E-state index contributed by atoms with van der Waals surface area (Å²) in [6, 6.07) is 0. The molecule has 0 aromatic heterocycles. The Hall–Kier alpha value is -0.610. The van der Waals surface area contributed by atoms with Crippen molar-refractivity contribution < 1.29 is 14.6 Å². The number of nitrogens with one attached hydrogen (secondary N) is 1. The Kier molecular flexibility index (Phi) is 5.65. The summed E-state index contributed by atoms with van der Waals surface area (Å²) in [5.74, 6) is 0.138. The monoisotopic (exact) mass is 215 g/mol. The SMILES string of the molecule is CCOCC(=O)NCC1CCCCC1O. The molecule has 0 aromatic carbocycles. The van der Waals surface area contributed by atoms with Gasteiger partial charge < -0.3 is 15.2 Å². The standard InChI is InChI=1S/C11H21NO3/c1-2-15-8-11(14)12-7-9-5-3-4-6-10(9)13/h9-10,13H,2-8H2,1H3,(H,12,14). The molecule has 2 atom stereocenters. The summed E-state index contributed by atoms with van der Waals surface area (Å²) < 4.78 is 4.99. The van der Waals surface area contributed by atoms with Crippen LogP contribution in [0, 0.1) is 5.92 Å². The minimum Gasteiger partial charge on any atom is -0.393 e. The fourth-order valence-electron chi connectivity index (χ4n) is 1.92. The molecule has 1 aliphatic carbocycles. The van der Waals surface area contributed by atoms with Crippen molar-refractivity contribution in [1.29, 1.82) is 0 Å². The van der Waals surface area contributed by atoms with Crippen LogP contribution in [0.2, 0.25) is 0 Å². The first-order valence-corrected chi connectivity index (χ1v) is 5.76. The lowest BCUT2D eigenvalue weighted by Gasteiger charge is -2.27. The first-order valence-electron chi connectivity index (χ1n) is 5.76. The van der Waals surface area contributed by atoms with Crippen LogP contribution < -0.4 is 5.32 Å². The van der Waals surface area contributed by atoms with E-state index in [-0.39, 0.29) is 24.5 Å². The molecular formula is C11H21NO3. The normalized spacial score (nSPS) is 26.3. The van der Waals surface area contributed by atoms with Crippen molar-refractivity contribution in [2.75, 3.05) is 19.8 Å². The van der Waals surface area contributed by atoms with Gasteiger partial charge in [-0.1, -0.05) is 12.8 Å². The molecule has 1 saturated carbocycles. The molecule has 0 aliphatic heterocycles. The van der Waals surface area contributed by atoms with Crippen molar-refractivity contribution in [3.8, 4) is 0 Å². The zero-order valence-corrected chi connectivity index (χ0v) is 9.37. The van der Waals surface area contributed by atoms with E-state index >= 15 is 0 Å². The first-order chi connectivity index (χ1) is 7.24. The molecule has 0 radical (unpaired) electrons. The molecule has 0 spiro atoms. The van der Waals surface area contributed by atoms with E-state index in [1.807, 2.05) is 6.92 Å². The fraction of sp³-hybridized carbons (Fsp3) is 0.909. The van der Waals surface area contributed by atoms with Crippen molar-refractivity contribution in [2.45, 2.75) is 38.7 Å². The average Bonchev–Trinajstić information content (AvgIpc) is 2.25. The summed E-state index contributed by atoms with van der Waals surface area (Å²) in [4.78, 5) is 11.2. The molecule has 1 amide bonds. The van der Waals surface area contributed by atoms with E-state index in [0.717, 1.165) is 25.7 Å². The summed E-state index contributed by atoms with van der Waals surface area (Å²) in [5, 5.41) is 12.5. The Morgan fingerprint density at radius 3 is 2.87 bits per heavy atom. The Bertz CT molecular complexity index is 196. The van der Waals surface area contributed by atoms with Gasteiger partial charge in [0.1, 0.15) is 6.61 Å². The number of amides is 1. The van der Waals surface area contributed by atoms with Gasteiger partial charge in [0.05, 0.1) is 6.10 Å². The molecule has 88 valence electrons. The highest BCUT2D eigenvalue weighted by Crippen LogP contribution is 2.23. The van der Waals surface area contributed by atoms with Gasteiger partial charge in [-0.3, -0.25) is 4.79 Å². The lowest BCUT2D eigenvalue weighted by Crippen LogP contribution is -2.38. The molecule has 2 N–H and O–H groups in total. The van der Waals surface area contributed by atoms with Crippen LogP contribution in [0.3, 0.4) is 0 Å². The van der Waals surface area contributed by atoms with Gasteiger partial charge in [0.25, 0.3) is 0 Å². The highest BCUT2D eigenvalue weighted by Gasteiger charge is 2.23. The van der Waals surface area contributed by atoms with Gasteiger partial charge in [0.15, 0.2) is 0 Å². The summed E-state index contributed by atoms with van der Waals surface area (Å²) in [5.41, 5.74) is 0. The largest absolute Gasteiger partial charge is 0.393 e. The number of aliphatic hydroxyl groups excluding tert-OH is 1. The van der Waals surface area contributed by atoms with Crippen LogP contribution in [0.5, 0.6) is 0 Å². The molecule has 15 heavy (non-hydrogen) atoms. The van der Waals surface area contributed by atoms with Gasteiger partial charge in [-0.05, 0) is 19.8 Å². The van der Waals surface area contributed by atoms with E-state index in [0.29, 0.717) is 13.2 Å². The number of rotatable bonds is 5. The molecule has 1 fully saturated rings. The van der Waals surface area contributed by atoms with Gasteiger partial charge in [0, 0.05) is 19.1 Å². The second-order valence-electron chi connectivity index (χ2n) is 4.05. The van der Waals surface area contributed by atoms with Crippen LogP contribution in [0.1, 0.15) is 32.6 Å². The second kappa shape index (κ2) is 6.80. The number of aliphatic hydroxyl groups is 1. The van der Waals surface area contributed by atoms with Crippen LogP contribution >= 0.6 is 0 Å². The third kappa shape index (κ3) is 4.62. The van der Waals surface area contributed by atoms with Gasteiger partial charge in [-0.25, -0.2) is 0 Å². The maximum Gasteiger partial charge on any atom is 0.246 e. The third-order valence-electron chi connectivity index (χ3n) is 2.87. The molecule has 0 bridgehead atoms.